The van der Waals surface area contributed by atoms with Crippen molar-refractivity contribution in [3.63, 3.8) is 0 Å². The predicted molar refractivity (Wildman–Crippen MR) is 82.7 cm³/mol. The van der Waals surface area contributed by atoms with Crippen LogP contribution in [0.4, 0.5) is 0 Å². The Bertz CT molecular complexity index is 703. The van der Waals surface area contributed by atoms with Gasteiger partial charge in [0.25, 0.3) is 0 Å². The zero-order valence-corrected chi connectivity index (χ0v) is 12.3. The van der Waals surface area contributed by atoms with Crippen molar-refractivity contribution in [1.29, 1.82) is 0 Å². The minimum Gasteiger partial charge on any atom is -0.495 e. The minimum atomic E-state index is 0.426. The van der Waals surface area contributed by atoms with Crippen molar-refractivity contribution >= 4 is 12.6 Å². The summed E-state index contributed by atoms with van der Waals surface area (Å²) in [5.41, 5.74) is 2.04. The molecule has 0 fully saturated rings. The summed E-state index contributed by atoms with van der Waals surface area (Å²) in [4.78, 5) is 22.0. The number of para-hydroxylation sites is 2. The second-order valence-electron chi connectivity index (χ2n) is 4.34. The highest BCUT2D eigenvalue weighted by Crippen LogP contribution is 2.24. The van der Waals surface area contributed by atoms with E-state index in [0.29, 0.717) is 33.8 Å². The van der Waals surface area contributed by atoms with Crippen LogP contribution in [0.1, 0.15) is 31.8 Å². The van der Waals surface area contributed by atoms with Gasteiger partial charge in [0.2, 0.25) is 0 Å². The van der Waals surface area contributed by atoms with Gasteiger partial charge < -0.3 is 9.47 Å². The summed E-state index contributed by atoms with van der Waals surface area (Å²) >= 11 is 0. The van der Waals surface area contributed by atoms with Crippen molar-refractivity contribution in [2.75, 3.05) is 14.2 Å². The number of hydrogen-bond donors (Lipinski definition) is 0. The highest BCUT2D eigenvalue weighted by atomic mass is 16.5. The number of ether oxygens (including phenoxy) is 2. The summed E-state index contributed by atoms with van der Waals surface area (Å²) in [6, 6.07) is 10.3. The molecule has 0 N–H and O–H groups in total. The number of benzene rings is 2. The van der Waals surface area contributed by atoms with Crippen molar-refractivity contribution in [2.45, 2.75) is 0 Å². The Morgan fingerprint density at radius 2 is 1.18 bits per heavy atom. The molecule has 0 aromatic heterocycles. The zero-order valence-electron chi connectivity index (χ0n) is 12.3. The molecular formula is C18H14O4. The van der Waals surface area contributed by atoms with E-state index in [9.17, 15) is 9.59 Å². The number of rotatable bonds is 4. The molecule has 0 heterocycles. The van der Waals surface area contributed by atoms with Gasteiger partial charge in [-0.15, -0.1) is 0 Å². The number of methoxy groups -OCH3 is 2. The molecular weight excluding hydrogens is 280 g/mol. The first-order chi connectivity index (χ1) is 10.7. The average molecular weight is 294 g/mol. The Morgan fingerprint density at radius 3 is 1.50 bits per heavy atom. The molecule has 2 aromatic carbocycles. The van der Waals surface area contributed by atoms with Gasteiger partial charge in [-0.2, -0.15) is 0 Å². The molecule has 0 spiro atoms. The van der Waals surface area contributed by atoms with Gasteiger partial charge in [0.15, 0.2) is 12.6 Å². The summed E-state index contributed by atoms with van der Waals surface area (Å²) in [6.07, 6.45) is 1.44. The van der Waals surface area contributed by atoms with Crippen LogP contribution in [0.15, 0.2) is 36.4 Å². The third kappa shape index (κ3) is 2.99. The van der Waals surface area contributed by atoms with E-state index in [1.54, 1.807) is 36.4 Å². The topological polar surface area (TPSA) is 52.6 Å². The van der Waals surface area contributed by atoms with Crippen LogP contribution in [0.3, 0.4) is 0 Å². The molecule has 2 rings (SSSR count). The molecule has 0 radical (unpaired) electrons. The number of aldehydes is 2. The smallest absolute Gasteiger partial charge is 0.153 e. The molecule has 2 aromatic rings. The minimum absolute atomic E-state index is 0.426. The molecule has 4 heteroatoms. The summed E-state index contributed by atoms with van der Waals surface area (Å²) in [6.45, 7) is 0. The fourth-order valence-electron chi connectivity index (χ4n) is 2.08. The van der Waals surface area contributed by atoms with Crippen molar-refractivity contribution in [3.05, 3.63) is 58.7 Å². The highest BCUT2D eigenvalue weighted by Gasteiger charge is 2.08. The SMILES string of the molecule is COc1c(C#Cc2cccc(C=O)c2OC)cccc1C=O. The predicted octanol–water partition coefficient (Wildman–Crippen LogP) is 2.73. The van der Waals surface area contributed by atoms with Crippen molar-refractivity contribution in [2.24, 2.45) is 0 Å². The lowest BCUT2D eigenvalue weighted by atomic mass is 10.1. The van der Waals surface area contributed by atoms with E-state index < -0.39 is 0 Å². The molecule has 0 aliphatic heterocycles. The van der Waals surface area contributed by atoms with Gasteiger partial charge in [0, 0.05) is 0 Å². The first-order valence-corrected chi connectivity index (χ1v) is 6.51. The maximum atomic E-state index is 11.0. The van der Waals surface area contributed by atoms with Crippen LogP contribution in [0, 0.1) is 11.8 Å². The third-order valence-electron chi connectivity index (χ3n) is 3.08. The quantitative estimate of drug-likeness (QED) is 0.642. The van der Waals surface area contributed by atoms with Crippen LogP contribution >= 0.6 is 0 Å². The van der Waals surface area contributed by atoms with Crippen molar-refractivity contribution < 1.29 is 19.1 Å². The molecule has 0 atom stereocenters. The lowest BCUT2D eigenvalue weighted by Crippen LogP contribution is -1.95. The second kappa shape index (κ2) is 7.09. The molecule has 0 saturated carbocycles. The van der Waals surface area contributed by atoms with E-state index in [-0.39, 0.29) is 0 Å². The standard InChI is InChI=1S/C18H14O4/c1-21-17-13(5-3-7-15(17)11-19)9-10-14-6-4-8-16(12-20)18(14)22-2/h3-8,11-12H,1-2H3. The van der Waals surface area contributed by atoms with Crippen molar-refractivity contribution in [1.82, 2.24) is 0 Å². The van der Waals surface area contributed by atoms with Crippen LogP contribution in [-0.4, -0.2) is 26.8 Å². The van der Waals surface area contributed by atoms with Gasteiger partial charge in [-0.25, -0.2) is 0 Å². The molecule has 4 nitrogen and oxygen atoms in total. The van der Waals surface area contributed by atoms with Crippen LogP contribution in [-0.2, 0) is 0 Å². The highest BCUT2D eigenvalue weighted by molar-refractivity contribution is 5.82. The Labute approximate surface area is 128 Å². The summed E-state index contributed by atoms with van der Waals surface area (Å²) in [5, 5.41) is 0. The Morgan fingerprint density at radius 1 is 0.773 bits per heavy atom. The van der Waals surface area contributed by atoms with E-state index in [0.717, 1.165) is 12.6 Å². The van der Waals surface area contributed by atoms with E-state index in [4.69, 9.17) is 9.47 Å². The Kier molecular flexibility index (Phi) is 4.94. The Balaban J connectivity index is 2.52. The van der Waals surface area contributed by atoms with Crippen LogP contribution in [0.5, 0.6) is 11.5 Å². The maximum absolute atomic E-state index is 11.0. The fourth-order valence-corrected chi connectivity index (χ4v) is 2.08. The van der Waals surface area contributed by atoms with E-state index in [1.807, 2.05) is 0 Å². The first kappa shape index (κ1) is 15.3. The van der Waals surface area contributed by atoms with E-state index in [2.05, 4.69) is 11.8 Å². The van der Waals surface area contributed by atoms with E-state index >= 15 is 0 Å². The summed E-state index contributed by atoms with van der Waals surface area (Å²) < 4.78 is 10.5. The average Bonchev–Trinajstić information content (AvgIpc) is 2.58. The molecule has 22 heavy (non-hydrogen) atoms. The third-order valence-corrected chi connectivity index (χ3v) is 3.08. The molecule has 0 aliphatic carbocycles. The number of carbonyl (C=O) groups excluding carboxylic acids is 2. The first-order valence-electron chi connectivity index (χ1n) is 6.51. The number of carbonyl (C=O) groups is 2. The summed E-state index contributed by atoms with van der Waals surface area (Å²) in [5.74, 6) is 6.76. The summed E-state index contributed by atoms with van der Waals surface area (Å²) in [7, 11) is 2.97. The van der Waals surface area contributed by atoms with Gasteiger partial charge in [-0.05, 0) is 24.3 Å². The zero-order chi connectivity index (χ0) is 15.9. The van der Waals surface area contributed by atoms with Gasteiger partial charge in [-0.1, -0.05) is 24.0 Å². The molecule has 0 unspecified atom stereocenters. The van der Waals surface area contributed by atoms with E-state index in [1.165, 1.54) is 14.2 Å². The molecule has 0 bridgehead atoms. The van der Waals surface area contributed by atoms with Gasteiger partial charge in [0.05, 0.1) is 36.5 Å². The molecule has 110 valence electrons. The van der Waals surface area contributed by atoms with Crippen LogP contribution in [0.25, 0.3) is 0 Å². The lowest BCUT2D eigenvalue weighted by Gasteiger charge is -2.06. The van der Waals surface area contributed by atoms with Gasteiger partial charge in [-0.3, -0.25) is 9.59 Å². The number of hydrogen-bond acceptors (Lipinski definition) is 4. The van der Waals surface area contributed by atoms with Crippen LogP contribution < -0.4 is 9.47 Å². The van der Waals surface area contributed by atoms with Crippen LogP contribution in [0.2, 0.25) is 0 Å². The lowest BCUT2D eigenvalue weighted by molar-refractivity contribution is 0.111. The second-order valence-corrected chi connectivity index (χ2v) is 4.34. The maximum Gasteiger partial charge on any atom is 0.153 e. The van der Waals surface area contributed by atoms with Gasteiger partial charge in [0.1, 0.15) is 11.5 Å². The monoisotopic (exact) mass is 294 g/mol. The molecule has 0 amide bonds. The largest absolute Gasteiger partial charge is 0.495 e. The molecule has 0 aliphatic rings. The fraction of sp³-hybridized carbons (Fsp3) is 0.111. The normalized spacial score (nSPS) is 9.36. The van der Waals surface area contributed by atoms with Crippen molar-refractivity contribution in [3.8, 4) is 23.3 Å². The van der Waals surface area contributed by atoms with Gasteiger partial charge >= 0.3 is 0 Å². The molecule has 0 saturated heterocycles. The Hall–Kier alpha value is -3.06.